The summed E-state index contributed by atoms with van der Waals surface area (Å²) in [4.78, 5) is -0.661. The molecule has 0 fully saturated rings. The molecule has 106 valence electrons. The first kappa shape index (κ1) is 20.2. The molecular weight excluding hydrogens is 346 g/mol. The molecule has 0 saturated heterocycles. The van der Waals surface area contributed by atoms with E-state index in [-0.39, 0.29) is 51.4 Å². The summed E-state index contributed by atoms with van der Waals surface area (Å²) < 4.78 is 82.2. The van der Waals surface area contributed by atoms with Gasteiger partial charge in [0.25, 0.3) is 0 Å². The SMILES string of the molecule is C=Cc1ccc(S(=O)(=O)[N-]S(=O)(=O)C(F)(F)F)cc1.[K+]. The van der Waals surface area contributed by atoms with Crippen molar-refractivity contribution in [1.82, 2.24) is 0 Å². The minimum Gasteiger partial charge on any atom is -0.424 e. The van der Waals surface area contributed by atoms with Crippen LogP contribution in [0.5, 0.6) is 0 Å². The number of halogens is 3. The van der Waals surface area contributed by atoms with Gasteiger partial charge in [-0.25, -0.2) is 16.8 Å². The standard InChI is InChI=1S/C9H7F3NO4S2.K/c1-2-7-3-5-8(6-4-7)18(14,15)13-19(16,17)9(10,11)12;/h2-6H,1H2;/q-1;+1. The molecule has 0 spiro atoms. The zero-order valence-electron chi connectivity index (χ0n) is 10.1. The third kappa shape index (κ3) is 4.91. The Morgan fingerprint density at radius 1 is 1.05 bits per heavy atom. The van der Waals surface area contributed by atoms with E-state index >= 15 is 0 Å². The van der Waals surface area contributed by atoms with E-state index in [2.05, 4.69) is 6.58 Å². The zero-order valence-corrected chi connectivity index (χ0v) is 14.9. The van der Waals surface area contributed by atoms with Crippen LogP contribution in [0.2, 0.25) is 0 Å². The molecule has 1 aromatic carbocycles. The van der Waals surface area contributed by atoms with E-state index in [1.807, 2.05) is 4.13 Å². The predicted molar refractivity (Wildman–Crippen MR) is 62.1 cm³/mol. The minimum absolute atomic E-state index is 0. The smallest absolute Gasteiger partial charge is 0.424 e. The summed E-state index contributed by atoms with van der Waals surface area (Å²) in [5.74, 6) is 0. The van der Waals surface area contributed by atoms with E-state index in [4.69, 9.17) is 0 Å². The third-order valence-corrected chi connectivity index (χ3v) is 4.93. The van der Waals surface area contributed by atoms with Crippen LogP contribution < -0.4 is 51.4 Å². The minimum atomic E-state index is -6.10. The molecule has 0 atom stereocenters. The molecule has 0 radical (unpaired) electrons. The van der Waals surface area contributed by atoms with E-state index in [1.165, 1.54) is 18.2 Å². The molecule has 0 aliphatic heterocycles. The second kappa shape index (κ2) is 7.00. The van der Waals surface area contributed by atoms with Crippen LogP contribution >= 0.6 is 0 Å². The van der Waals surface area contributed by atoms with Gasteiger partial charge in [0.1, 0.15) is 10.0 Å². The summed E-state index contributed by atoms with van der Waals surface area (Å²) in [6.07, 6.45) is 1.37. The van der Waals surface area contributed by atoms with Crippen molar-refractivity contribution < 1.29 is 81.4 Å². The molecule has 0 heterocycles. The first-order chi connectivity index (χ1) is 8.49. The van der Waals surface area contributed by atoms with Gasteiger partial charge in [-0.15, -0.1) is 0 Å². The number of rotatable bonds is 4. The van der Waals surface area contributed by atoms with E-state index < -0.39 is 30.5 Å². The molecule has 0 unspecified atom stereocenters. The van der Waals surface area contributed by atoms with Gasteiger partial charge in [-0.3, -0.25) is 0 Å². The van der Waals surface area contributed by atoms with Crippen molar-refractivity contribution in [2.24, 2.45) is 0 Å². The fourth-order valence-corrected chi connectivity index (χ4v) is 3.19. The first-order valence-corrected chi connectivity index (χ1v) is 7.41. The van der Waals surface area contributed by atoms with Crippen molar-refractivity contribution in [3.8, 4) is 0 Å². The summed E-state index contributed by atoms with van der Waals surface area (Å²) in [6.45, 7) is 3.40. The Labute approximate surface area is 156 Å². The molecule has 0 amide bonds. The fraction of sp³-hybridized carbons (Fsp3) is 0.111. The molecule has 11 heteroatoms. The van der Waals surface area contributed by atoms with Crippen molar-refractivity contribution in [2.75, 3.05) is 0 Å². The van der Waals surface area contributed by atoms with Crippen LogP contribution in [-0.4, -0.2) is 22.3 Å². The second-order valence-corrected chi connectivity index (χ2v) is 6.67. The molecule has 1 aromatic rings. The Morgan fingerprint density at radius 2 is 1.50 bits per heavy atom. The summed E-state index contributed by atoms with van der Waals surface area (Å²) in [6, 6.07) is 4.36. The van der Waals surface area contributed by atoms with Crippen LogP contribution in [-0.2, 0) is 20.0 Å². The maximum absolute atomic E-state index is 12.0. The van der Waals surface area contributed by atoms with Crippen LogP contribution in [0.3, 0.4) is 0 Å². The maximum atomic E-state index is 12.0. The molecule has 20 heavy (non-hydrogen) atoms. The van der Waals surface area contributed by atoms with Gasteiger partial charge < -0.3 is 4.13 Å². The molecule has 0 saturated carbocycles. The van der Waals surface area contributed by atoms with Gasteiger partial charge in [0.15, 0.2) is 10.0 Å². The first-order valence-electron chi connectivity index (χ1n) is 4.53. The van der Waals surface area contributed by atoms with Crippen molar-refractivity contribution in [3.63, 3.8) is 0 Å². The molecule has 0 aliphatic rings. The molecule has 1 rings (SSSR count). The molecule has 0 aromatic heterocycles. The van der Waals surface area contributed by atoms with Gasteiger partial charge in [-0.2, -0.15) is 13.2 Å². The summed E-state index contributed by atoms with van der Waals surface area (Å²) in [5, 5.41) is 0. The van der Waals surface area contributed by atoms with E-state index in [1.54, 1.807) is 0 Å². The van der Waals surface area contributed by atoms with Gasteiger partial charge in [-0.05, 0) is 17.7 Å². The van der Waals surface area contributed by atoms with E-state index in [9.17, 15) is 30.0 Å². The number of nitrogens with zero attached hydrogens (tertiary/aromatic N) is 1. The summed E-state index contributed by atoms with van der Waals surface area (Å²) >= 11 is 0. The topological polar surface area (TPSA) is 82.4 Å². The average Bonchev–Trinajstić information content (AvgIpc) is 2.26. The van der Waals surface area contributed by atoms with E-state index in [0.717, 1.165) is 12.1 Å². The van der Waals surface area contributed by atoms with Crippen molar-refractivity contribution >= 4 is 26.1 Å². The maximum Gasteiger partial charge on any atom is 1.00 e. The van der Waals surface area contributed by atoms with Crippen LogP contribution in [0, 0.1) is 0 Å². The van der Waals surface area contributed by atoms with Crippen molar-refractivity contribution in [2.45, 2.75) is 10.4 Å². The second-order valence-electron chi connectivity index (χ2n) is 3.24. The molecular formula is C9H7F3KNO4S2. The number of alkyl halides is 3. The Kier molecular flexibility index (Phi) is 7.09. The van der Waals surface area contributed by atoms with Gasteiger partial charge >= 0.3 is 56.9 Å². The van der Waals surface area contributed by atoms with E-state index in [0.29, 0.717) is 5.56 Å². The molecule has 0 aliphatic carbocycles. The van der Waals surface area contributed by atoms with Crippen LogP contribution in [0.1, 0.15) is 5.56 Å². The Balaban J connectivity index is 0.00000361. The average molecular weight is 353 g/mol. The summed E-state index contributed by atoms with van der Waals surface area (Å²) in [7, 11) is -11.0. The monoisotopic (exact) mass is 353 g/mol. The van der Waals surface area contributed by atoms with Crippen molar-refractivity contribution in [1.29, 1.82) is 0 Å². The zero-order chi connectivity index (χ0) is 14.9. The number of hydrogen-bond donors (Lipinski definition) is 0. The predicted octanol–water partition coefficient (Wildman–Crippen LogP) is -0.754. The normalized spacial score (nSPS) is 12.6. The molecule has 5 nitrogen and oxygen atoms in total. The Morgan fingerprint density at radius 3 is 1.85 bits per heavy atom. The number of hydrogen-bond acceptors (Lipinski definition) is 4. The van der Waals surface area contributed by atoms with Gasteiger partial charge in [0.2, 0.25) is 0 Å². The molecule has 0 N–H and O–H groups in total. The van der Waals surface area contributed by atoms with Gasteiger partial charge in [0.05, 0.1) is 0 Å². The van der Waals surface area contributed by atoms with Crippen molar-refractivity contribution in [3.05, 3.63) is 40.5 Å². The Bertz CT molecular complexity index is 681. The number of benzene rings is 1. The molecule has 0 bridgehead atoms. The van der Waals surface area contributed by atoms with Gasteiger partial charge in [-0.1, -0.05) is 24.8 Å². The van der Waals surface area contributed by atoms with Crippen LogP contribution in [0.15, 0.2) is 35.7 Å². The van der Waals surface area contributed by atoms with Crippen LogP contribution in [0.4, 0.5) is 13.2 Å². The quantitative estimate of drug-likeness (QED) is 0.667. The third-order valence-electron chi connectivity index (χ3n) is 1.90. The summed E-state index contributed by atoms with van der Waals surface area (Å²) in [5.41, 5.74) is -5.25. The van der Waals surface area contributed by atoms with Gasteiger partial charge in [0, 0.05) is 4.90 Å². The largest absolute Gasteiger partial charge is 1.00 e. The number of sulfonamides is 2. The Hall–Kier alpha value is 0.246. The van der Waals surface area contributed by atoms with Crippen LogP contribution in [0.25, 0.3) is 10.2 Å². The fourth-order valence-electron chi connectivity index (χ4n) is 0.990.